The van der Waals surface area contributed by atoms with Crippen LogP contribution in [0.25, 0.3) is 38.4 Å². The number of benzene rings is 3. The van der Waals surface area contributed by atoms with Crippen molar-refractivity contribution in [3.8, 4) is 22.3 Å². The minimum Gasteiger partial charge on any atom is -0.140 e. The summed E-state index contributed by atoms with van der Waals surface area (Å²) in [6.07, 6.45) is 6.97. The summed E-state index contributed by atoms with van der Waals surface area (Å²) < 4.78 is 1.40. The highest BCUT2D eigenvalue weighted by atomic mass is 32.1. The number of hydrogen-bond acceptors (Lipinski definition) is 1. The maximum atomic E-state index is 2.37. The molecule has 4 aromatic rings. The largest absolute Gasteiger partial charge is 0.140 e. The SMILES string of the molecule is Cc1cccc(-c2cccc(-c3ccc4sc5c(c4c3)C=CCC5)c2)c1. The van der Waals surface area contributed by atoms with Crippen molar-refractivity contribution in [3.05, 3.63) is 88.8 Å². The zero-order valence-electron chi connectivity index (χ0n) is 14.8. The number of aryl methyl sites for hydroxylation is 2. The lowest BCUT2D eigenvalue weighted by Crippen LogP contribution is -1.87. The molecule has 0 bridgehead atoms. The van der Waals surface area contributed by atoms with Gasteiger partial charge in [-0.15, -0.1) is 11.3 Å². The van der Waals surface area contributed by atoms with E-state index in [1.165, 1.54) is 61.2 Å². The van der Waals surface area contributed by atoms with Crippen LogP contribution in [0.2, 0.25) is 0 Å². The van der Waals surface area contributed by atoms with Crippen molar-refractivity contribution in [2.45, 2.75) is 19.8 Å². The molecule has 3 aromatic carbocycles. The van der Waals surface area contributed by atoms with Crippen molar-refractivity contribution in [2.75, 3.05) is 0 Å². The van der Waals surface area contributed by atoms with Crippen molar-refractivity contribution in [2.24, 2.45) is 0 Å². The van der Waals surface area contributed by atoms with E-state index >= 15 is 0 Å². The molecule has 0 nitrogen and oxygen atoms in total. The van der Waals surface area contributed by atoms with Crippen molar-refractivity contribution in [1.82, 2.24) is 0 Å². The van der Waals surface area contributed by atoms with Crippen molar-refractivity contribution < 1.29 is 0 Å². The predicted octanol–water partition coefficient (Wildman–Crippen LogP) is 7.50. The van der Waals surface area contributed by atoms with Gasteiger partial charge in [-0.1, -0.05) is 66.2 Å². The molecule has 5 rings (SSSR count). The minimum atomic E-state index is 1.17. The van der Waals surface area contributed by atoms with E-state index in [2.05, 4.69) is 85.8 Å². The second-order valence-electron chi connectivity index (χ2n) is 7.04. The van der Waals surface area contributed by atoms with E-state index in [1.807, 2.05) is 11.3 Å². The van der Waals surface area contributed by atoms with E-state index in [0.29, 0.717) is 0 Å². The maximum absolute atomic E-state index is 2.37. The molecule has 0 radical (unpaired) electrons. The zero-order valence-corrected chi connectivity index (χ0v) is 15.6. The zero-order chi connectivity index (χ0) is 17.5. The van der Waals surface area contributed by atoms with E-state index < -0.39 is 0 Å². The molecule has 1 aliphatic carbocycles. The Balaban J connectivity index is 1.62. The van der Waals surface area contributed by atoms with Gasteiger partial charge in [-0.25, -0.2) is 0 Å². The molecule has 0 unspecified atom stereocenters. The molecule has 0 spiro atoms. The highest BCUT2D eigenvalue weighted by Crippen LogP contribution is 2.38. The van der Waals surface area contributed by atoms with Gasteiger partial charge in [0.2, 0.25) is 0 Å². The standard InChI is InChI=1S/C25H20S/c1-17-6-4-7-18(14-17)19-8-5-9-20(15-19)21-12-13-25-23(16-21)22-10-2-3-11-24(22)26-25/h2,4-10,12-16H,3,11H2,1H3. The van der Waals surface area contributed by atoms with E-state index in [-0.39, 0.29) is 0 Å². The molecule has 0 N–H and O–H groups in total. The number of hydrogen-bond donors (Lipinski definition) is 0. The van der Waals surface area contributed by atoms with Gasteiger partial charge in [-0.3, -0.25) is 0 Å². The van der Waals surface area contributed by atoms with Gasteiger partial charge in [0.1, 0.15) is 0 Å². The monoisotopic (exact) mass is 352 g/mol. The Kier molecular flexibility index (Phi) is 3.76. The van der Waals surface area contributed by atoms with Crippen molar-refractivity contribution in [3.63, 3.8) is 0 Å². The van der Waals surface area contributed by atoms with Crippen molar-refractivity contribution in [1.29, 1.82) is 0 Å². The summed E-state index contributed by atoms with van der Waals surface area (Å²) in [5.41, 5.74) is 7.87. The topological polar surface area (TPSA) is 0 Å². The fourth-order valence-electron chi connectivity index (χ4n) is 3.83. The average molecular weight is 353 g/mol. The first-order valence-electron chi connectivity index (χ1n) is 9.17. The summed E-state index contributed by atoms with van der Waals surface area (Å²) in [4.78, 5) is 1.54. The van der Waals surface area contributed by atoms with Crippen LogP contribution in [0.4, 0.5) is 0 Å². The summed E-state index contributed by atoms with van der Waals surface area (Å²) in [6.45, 7) is 2.15. The van der Waals surface area contributed by atoms with Crippen LogP contribution in [0.3, 0.4) is 0 Å². The first kappa shape index (κ1) is 15.6. The van der Waals surface area contributed by atoms with Gasteiger partial charge in [0.05, 0.1) is 0 Å². The minimum absolute atomic E-state index is 1.17. The van der Waals surface area contributed by atoms with E-state index in [0.717, 1.165) is 0 Å². The Bertz CT molecular complexity index is 1140. The van der Waals surface area contributed by atoms with Crippen LogP contribution in [0.1, 0.15) is 22.4 Å². The van der Waals surface area contributed by atoms with Gasteiger partial charge < -0.3 is 0 Å². The van der Waals surface area contributed by atoms with Crippen LogP contribution in [-0.4, -0.2) is 0 Å². The van der Waals surface area contributed by atoms with Gasteiger partial charge in [-0.2, -0.15) is 0 Å². The lowest BCUT2D eigenvalue weighted by Gasteiger charge is -2.08. The van der Waals surface area contributed by atoms with Crippen LogP contribution in [-0.2, 0) is 6.42 Å². The van der Waals surface area contributed by atoms with Crippen LogP contribution in [0.15, 0.2) is 72.8 Å². The molecule has 0 aliphatic heterocycles. The Morgan fingerprint density at radius 1 is 0.769 bits per heavy atom. The van der Waals surface area contributed by atoms with Crippen LogP contribution < -0.4 is 0 Å². The van der Waals surface area contributed by atoms with Crippen LogP contribution in [0, 0.1) is 6.92 Å². The van der Waals surface area contributed by atoms with Crippen LogP contribution >= 0.6 is 11.3 Å². The van der Waals surface area contributed by atoms with Crippen molar-refractivity contribution >= 4 is 27.5 Å². The van der Waals surface area contributed by atoms with Gasteiger partial charge in [-0.05, 0) is 65.8 Å². The molecular weight excluding hydrogens is 332 g/mol. The molecule has 0 fully saturated rings. The summed E-state index contributed by atoms with van der Waals surface area (Å²) in [6, 6.07) is 24.5. The predicted molar refractivity (Wildman–Crippen MR) is 115 cm³/mol. The molecule has 0 amide bonds. The summed E-state index contributed by atoms with van der Waals surface area (Å²) >= 11 is 1.95. The molecule has 0 saturated carbocycles. The van der Waals surface area contributed by atoms with Gasteiger partial charge >= 0.3 is 0 Å². The molecule has 0 saturated heterocycles. The van der Waals surface area contributed by atoms with E-state index in [4.69, 9.17) is 0 Å². The fourth-order valence-corrected chi connectivity index (χ4v) is 5.02. The first-order valence-corrected chi connectivity index (χ1v) is 9.99. The number of fused-ring (bicyclic) bond motifs is 3. The Morgan fingerprint density at radius 3 is 2.31 bits per heavy atom. The summed E-state index contributed by atoms with van der Waals surface area (Å²) in [5, 5.41) is 1.40. The van der Waals surface area contributed by atoms with Gasteiger partial charge in [0.15, 0.2) is 0 Å². The summed E-state index contributed by atoms with van der Waals surface area (Å²) in [7, 11) is 0. The Morgan fingerprint density at radius 2 is 1.50 bits per heavy atom. The van der Waals surface area contributed by atoms with E-state index in [1.54, 1.807) is 0 Å². The fraction of sp³-hybridized carbons (Fsp3) is 0.120. The second-order valence-corrected chi connectivity index (χ2v) is 8.18. The normalized spacial score (nSPS) is 13.1. The van der Waals surface area contributed by atoms with Gasteiger partial charge in [0, 0.05) is 15.0 Å². The number of rotatable bonds is 2. The lowest BCUT2D eigenvalue weighted by atomic mass is 9.96. The number of thiophene rings is 1. The smallest absolute Gasteiger partial charge is 0.0352 e. The third-order valence-corrected chi connectivity index (χ3v) is 6.42. The highest BCUT2D eigenvalue weighted by Gasteiger charge is 2.13. The molecule has 126 valence electrons. The van der Waals surface area contributed by atoms with Gasteiger partial charge in [0.25, 0.3) is 0 Å². The number of allylic oxidation sites excluding steroid dienone is 1. The third kappa shape index (κ3) is 2.69. The van der Waals surface area contributed by atoms with Crippen LogP contribution in [0.5, 0.6) is 0 Å². The molecule has 1 aliphatic rings. The molecular formula is C25H20S. The molecule has 1 aromatic heterocycles. The van der Waals surface area contributed by atoms with E-state index in [9.17, 15) is 0 Å². The summed E-state index contributed by atoms with van der Waals surface area (Å²) in [5.74, 6) is 0. The molecule has 26 heavy (non-hydrogen) atoms. The third-order valence-electron chi connectivity index (χ3n) is 5.17. The Hall–Kier alpha value is -2.64. The molecule has 1 heteroatoms. The molecule has 1 heterocycles. The maximum Gasteiger partial charge on any atom is 0.0352 e. The second kappa shape index (κ2) is 6.26. The lowest BCUT2D eigenvalue weighted by molar-refractivity contribution is 1.02. The Labute approximate surface area is 158 Å². The molecule has 0 atom stereocenters. The average Bonchev–Trinajstić information content (AvgIpc) is 3.06. The highest BCUT2D eigenvalue weighted by molar-refractivity contribution is 7.19. The quantitative estimate of drug-likeness (QED) is 0.350. The first-order chi connectivity index (χ1) is 12.8.